The highest BCUT2D eigenvalue weighted by atomic mass is 35.5. The smallest absolute Gasteiger partial charge is 0.0522 e. The summed E-state index contributed by atoms with van der Waals surface area (Å²) < 4.78 is 0. The minimum atomic E-state index is 0.567. The van der Waals surface area contributed by atoms with Gasteiger partial charge in [0.1, 0.15) is 0 Å². The number of benzene rings is 1. The number of anilines is 1. The second-order valence-electron chi connectivity index (χ2n) is 4.36. The Bertz CT molecular complexity index is 493. The van der Waals surface area contributed by atoms with Crippen LogP contribution in [0.4, 0.5) is 5.69 Å². The van der Waals surface area contributed by atoms with Gasteiger partial charge in [-0.15, -0.1) is 22.9 Å². The molecule has 0 aliphatic carbocycles. The van der Waals surface area contributed by atoms with E-state index in [-0.39, 0.29) is 0 Å². The molecule has 1 nitrogen and oxygen atoms in total. The maximum atomic E-state index is 6.06. The minimum Gasteiger partial charge on any atom is -0.366 e. The fourth-order valence-electron chi connectivity index (χ4n) is 2.09. The number of rotatable bonds is 5. The minimum absolute atomic E-state index is 0.567. The predicted molar refractivity (Wildman–Crippen MR) is 81.8 cm³/mol. The Morgan fingerprint density at radius 3 is 2.72 bits per heavy atom. The molecule has 0 amide bonds. The zero-order chi connectivity index (χ0) is 13.0. The number of alkyl halides is 1. The van der Waals surface area contributed by atoms with Gasteiger partial charge in [0.2, 0.25) is 0 Å². The van der Waals surface area contributed by atoms with Gasteiger partial charge in [-0.2, -0.15) is 0 Å². The first-order valence-corrected chi connectivity index (χ1v) is 7.58. The van der Waals surface area contributed by atoms with Gasteiger partial charge in [0.25, 0.3) is 0 Å². The molecule has 1 aromatic carbocycles. The van der Waals surface area contributed by atoms with E-state index < -0.39 is 0 Å². The summed E-state index contributed by atoms with van der Waals surface area (Å²) in [4.78, 5) is 3.76. The Labute approximate surface area is 118 Å². The standard InChI is InChI=1S/C15H18ClNS/c1-3-17(11-14-5-4-8-18-14)15-7-6-12(2)9-13(15)10-16/h4-9H,3,10-11H2,1-2H3. The quantitative estimate of drug-likeness (QED) is 0.709. The van der Waals surface area contributed by atoms with Crippen molar-refractivity contribution in [2.24, 2.45) is 0 Å². The summed E-state index contributed by atoms with van der Waals surface area (Å²) in [7, 11) is 0. The second kappa shape index (κ2) is 6.26. The van der Waals surface area contributed by atoms with E-state index in [0.29, 0.717) is 5.88 Å². The summed E-state index contributed by atoms with van der Waals surface area (Å²) >= 11 is 7.87. The van der Waals surface area contributed by atoms with Crippen LogP contribution in [-0.4, -0.2) is 6.54 Å². The number of hydrogen-bond acceptors (Lipinski definition) is 2. The molecule has 0 fully saturated rings. The van der Waals surface area contributed by atoms with E-state index in [1.165, 1.54) is 21.7 Å². The van der Waals surface area contributed by atoms with Gasteiger partial charge in [-0.3, -0.25) is 0 Å². The van der Waals surface area contributed by atoms with E-state index in [1.807, 2.05) is 0 Å². The molecule has 0 saturated carbocycles. The summed E-state index contributed by atoms with van der Waals surface area (Å²) in [5.74, 6) is 0.567. The average Bonchev–Trinajstić information content (AvgIpc) is 2.89. The molecule has 0 N–H and O–H groups in total. The summed E-state index contributed by atoms with van der Waals surface area (Å²) in [6.07, 6.45) is 0. The van der Waals surface area contributed by atoms with Crippen molar-refractivity contribution in [2.75, 3.05) is 11.4 Å². The lowest BCUT2D eigenvalue weighted by molar-refractivity contribution is 0.837. The van der Waals surface area contributed by atoms with Crippen LogP contribution in [0.3, 0.4) is 0 Å². The largest absolute Gasteiger partial charge is 0.366 e. The first-order chi connectivity index (χ1) is 8.74. The van der Waals surface area contributed by atoms with E-state index in [9.17, 15) is 0 Å². The fourth-order valence-corrected chi connectivity index (χ4v) is 3.02. The van der Waals surface area contributed by atoms with Gasteiger partial charge >= 0.3 is 0 Å². The topological polar surface area (TPSA) is 3.24 Å². The van der Waals surface area contributed by atoms with Crippen molar-refractivity contribution in [3.63, 3.8) is 0 Å². The number of thiophene rings is 1. The molecule has 1 heterocycles. The zero-order valence-electron chi connectivity index (χ0n) is 10.8. The summed E-state index contributed by atoms with van der Waals surface area (Å²) in [6, 6.07) is 10.8. The Balaban J connectivity index is 2.26. The lowest BCUT2D eigenvalue weighted by Gasteiger charge is -2.25. The van der Waals surface area contributed by atoms with Gasteiger partial charge < -0.3 is 4.90 Å². The van der Waals surface area contributed by atoms with Crippen molar-refractivity contribution in [3.8, 4) is 0 Å². The molecule has 0 radical (unpaired) electrons. The van der Waals surface area contributed by atoms with Gasteiger partial charge in [-0.05, 0) is 36.9 Å². The summed E-state index contributed by atoms with van der Waals surface area (Å²) in [5.41, 5.74) is 3.74. The highest BCUT2D eigenvalue weighted by Crippen LogP contribution is 2.26. The van der Waals surface area contributed by atoms with E-state index in [0.717, 1.165) is 13.1 Å². The Morgan fingerprint density at radius 2 is 2.11 bits per heavy atom. The zero-order valence-corrected chi connectivity index (χ0v) is 12.4. The Kier molecular flexibility index (Phi) is 4.67. The highest BCUT2D eigenvalue weighted by molar-refractivity contribution is 7.09. The molecule has 0 aliphatic heterocycles. The summed E-state index contributed by atoms with van der Waals surface area (Å²) in [6.45, 7) is 6.24. The van der Waals surface area contributed by atoms with Gasteiger partial charge in [-0.25, -0.2) is 0 Å². The lowest BCUT2D eigenvalue weighted by Crippen LogP contribution is -2.22. The van der Waals surface area contributed by atoms with E-state index in [4.69, 9.17) is 11.6 Å². The third kappa shape index (κ3) is 3.06. The van der Waals surface area contributed by atoms with Crippen LogP contribution < -0.4 is 4.90 Å². The van der Waals surface area contributed by atoms with E-state index in [1.54, 1.807) is 11.3 Å². The highest BCUT2D eigenvalue weighted by Gasteiger charge is 2.10. The van der Waals surface area contributed by atoms with Crippen LogP contribution in [-0.2, 0) is 12.4 Å². The number of halogens is 1. The maximum absolute atomic E-state index is 6.06. The molecule has 2 aromatic rings. The fraction of sp³-hybridized carbons (Fsp3) is 0.333. The first kappa shape index (κ1) is 13.4. The van der Waals surface area contributed by atoms with Crippen LogP contribution in [0.25, 0.3) is 0 Å². The van der Waals surface area contributed by atoms with Crippen LogP contribution in [0.5, 0.6) is 0 Å². The van der Waals surface area contributed by atoms with Gasteiger partial charge in [-0.1, -0.05) is 23.8 Å². The Morgan fingerprint density at radius 1 is 1.28 bits per heavy atom. The van der Waals surface area contributed by atoms with E-state index >= 15 is 0 Å². The Hall–Kier alpha value is -0.990. The molecule has 0 aliphatic rings. The van der Waals surface area contributed by atoms with Crippen molar-refractivity contribution in [3.05, 3.63) is 51.7 Å². The average molecular weight is 280 g/mol. The SMILES string of the molecule is CCN(Cc1cccs1)c1ccc(C)cc1CCl. The molecular formula is C15H18ClNS. The molecule has 0 unspecified atom stereocenters. The van der Waals surface area contributed by atoms with Crippen molar-refractivity contribution >= 4 is 28.6 Å². The first-order valence-electron chi connectivity index (χ1n) is 6.17. The van der Waals surface area contributed by atoms with Gasteiger partial charge in [0, 0.05) is 23.0 Å². The predicted octanol–water partition coefficient (Wildman–Crippen LogP) is 4.82. The van der Waals surface area contributed by atoms with Crippen LogP contribution >= 0.6 is 22.9 Å². The van der Waals surface area contributed by atoms with E-state index in [2.05, 4.69) is 54.5 Å². The third-order valence-corrected chi connectivity index (χ3v) is 4.18. The number of hydrogen-bond donors (Lipinski definition) is 0. The second-order valence-corrected chi connectivity index (χ2v) is 5.66. The molecular weight excluding hydrogens is 262 g/mol. The van der Waals surface area contributed by atoms with Crippen molar-refractivity contribution in [1.82, 2.24) is 0 Å². The van der Waals surface area contributed by atoms with Crippen LogP contribution in [0.1, 0.15) is 22.9 Å². The molecule has 2 rings (SSSR count). The molecule has 0 atom stereocenters. The number of aryl methyl sites for hydroxylation is 1. The number of nitrogens with zero attached hydrogens (tertiary/aromatic N) is 1. The molecule has 0 saturated heterocycles. The van der Waals surface area contributed by atoms with Gasteiger partial charge in [0.05, 0.1) is 6.54 Å². The van der Waals surface area contributed by atoms with Crippen LogP contribution in [0.2, 0.25) is 0 Å². The molecule has 96 valence electrons. The summed E-state index contributed by atoms with van der Waals surface area (Å²) in [5, 5.41) is 2.13. The molecule has 18 heavy (non-hydrogen) atoms. The lowest BCUT2D eigenvalue weighted by atomic mass is 10.1. The monoisotopic (exact) mass is 279 g/mol. The third-order valence-electron chi connectivity index (χ3n) is 3.03. The van der Waals surface area contributed by atoms with Crippen molar-refractivity contribution in [2.45, 2.75) is 26.3 Å². The van der Waals surface area contributed by atoms with Crippen LogP contribution in [0.15, 0.2) is 35.7 Å². The molecule has 0 spiro atoms. The normalized spacial score (nSPS) is 10.6. The maximum Gasteiger partial charge on any atom is 0.0522 e. The molecule has 1 aromatic heterocycles. The molecule has 0 bridgehead atoms. The van der Waals surface area contributed by atoms with Crippen molar-refractivity contribution in [1.29, 1.82) is 0 Å². The van der Waals surface area contributed by atoms with Crippen molar-refractivity contribution < 1.29 is 0 Å². The molecule has 3 heteroatoms. The van der Waals surface area contributed by atoms with Crippen LogP contribution in [0, 0.1) is 6.92 Å². The van der Waals surface area contributed by atoms with Gasteiger partial charge in [0.15, 0.2) is 0 Å².